The predicted molar refractivity (Wildman–Crippen MR) is 293 cm³/mol. The van der Waals surface area contributed by atoms with Gasteiger partial charge in [-0.1, -0.05) is 66.2 Å². The summed E-state index contributed by atoms with van der Waals surface area (Å²) in [5.41, 5.74) is 5.48. The van der Waals surface area contributed by atoms with E-state index < -0.39 is 41.0 Å². The molecule has 7 rings (SSSR count). The van der Waals surface area contributed by atoms with E-state index in [4.69, 9.17) is 10.5 Å². The number of nitrogens with zero attached hydrogens (tertiary/aromatic N) is 2. The Balaban J connectivity index is 0.915. The zero-order chi connectivity index (χ0) is 55.3. The van der Waals surface area contributed by atoms with Gasteiger partial charge in [-0.25, -0.2) is 4.79 Å². The van der Waals surface area contributed by atoms with Gasteiger partial charge in [0.05, 0.1) is 37.0 Å². The average Bonchev–Trinajstić information content (AvgIpc) is 3.93. The normalized spacial score (nSPS) is 33.5. The molecule has 12 unspecified atom stereocenters. The smallest absolute Gasteiger partial charge is 0.316 e. The molecule has 3 heterocycles. The zero-order valence-electron chi connectivity index (χ0n) is 46.2. The minimum Gasteiger partial charge on any atom is -0.461 e. The highest BCUT2D eigenvalue weighted by molar-refractivity contribution is 8.00. The van der Waals surface area contributed by atoms with E-state index in [0.29, 0.717) is 68.0 Å². The first kappa shape index (κ1) is 58.8. The van der Waals surface area contributed by atoms with Gasteiger partial charge in [-0.05, 0) is 86.7 Å². The SMILES string of the molecule is C=CC1(C)CC(OC(=O)CSC2CC3CCC(C2)[N+]3(C)Cc2ccc(NC(=O)C(CCCNC(N)=O)CC(=O)C(NC(=O)CCCCCN3C(=O)C=CC3=O)C(C)C)cc2)C2(C)C(C)CCC3(CCC(=O)C32)C(C)C1O. The van der Waals surface area contributed by atoms with E-state index in [-0.39, 0.29) is 102 Å². The number of unbranched alkanes of at least 4 members (excludes halogenated alkanes) is 2. The number of aliphatic hydroxyl groups excluding tert-OH is 1. The predicted octanol–water partition coefficient (Wildman–Crippen LogP) is 7.55. The van der Waals surface area contributed by atoms with E-state index in [9.17, 15) is 43.5 Å². The molecule has 1 aromatic carbocycles. The van der Waals surface area contributed by atoms with E-state index in [1.807, 2.05) is 51.1 Å². The number of ether oxygens (including phenoxy) is 1. The van der Waals surface area contributed by atoms with E-state index in [2.05, 4.69) is 50.3 Å². The fourth-order valence-electron chi connectivity index (χ4n) is 14.8. The van der Waals surface area contributed by atoms with Gasteiger partial charge in [0, 0.05) is 109 Å². The highest BCUT2D eigenvalue weighted by Crippen LogP contribution is 2.68. The largest absolute Gasteiger partial charge is 0.461 e. The Kier molecular flexibility index (Phi) is 18.9. The summed E-state index contributed by atoms with van der Waals surface area (Å²) in [6, 6.07) is 7.22. The molecular formula is C59H87N6O10S+. The molecule has 76 heavy (non-hydrogen) atoms. The van der Waals surface area contributed by atoms with Crippen LogP contribution in [-0.2, 0) is 44.8 Å². The number of hydrogen-bond acceptors (Lipinski definition) is 11. The van der Waals surface area contributed by atoms with Crippen molar-refractivity contribution in [1.29, 1.82) is 0 Å². The van der Waals surface area contributed by atoms with Crippen LogP contribution in [0.3, 0.4) is 0 Å². The Morgan fingerprint density at radius 1 is 0.961 bits per heavy atom. The third-order valence-corrected chi connectivity index (χ3v) is 21.0. The fourth-order valence-corrected chi connectivity index (χ4v) is 16.0. The first-order chi connectivity index (χ1) is 35.9. The van der Waals surface area contributed by atoms with Crippen LogP contribution in [0.4, 0.5) is 10.5 Å². The van der Waals surface area contributed by atoms with Gasteiger partial charge in [-0.3, -0.25) is 38.5 Å². The van der Waals surface area contributed by atoms with Gasteiger partial charge >= 0.3 is 12.0 Å². The van der Waals surface area contributed by atoms with Crippen molar-refractivity contribution < 1.29 is 52.7 Å². The highest BCUT2D eigenvalue weighted by Gasteiger charge is 2.68. The van der Waals surface area contributed by atoms with Gasteiger partial charge in [0.15, 0.2) is 5.78 Å². The number of rotatable bonds is 24. The fraction of sp³-hybridized carbons (Fsp3) is 0.695. The summed E-state index contributed by atoms with van der Waals surface area (Å²) in [5.74, 6) is -2.47. The molecular weight excluding hydrogens is 985 g/mol. The Morgan fingerprint density at radius 3 is 2.26 bits per heavy atom. The lowest BCUT2D eigenvalue weighted by molar-refractivity contribution is -0.960. The van der Waals surface area contributed by atoms with Crippen molar-refractivity contribution in [3.8, 4) is 0 Å². The molecule has 6 aliphatic rings. The summed E-state index contributed by atoms with van der Waals surface area (Å²) in [5, 5.41) is 20.7. The number of nitrogens with two attached hydrogens (primary N) is 1. The van der Waals surface area contributed by atoms with Crippen LogP contribution in [0.5, 0.6) is 0 Å². The summed E-state index contributed by atoms with van der Waals surface area (Å²) < 4.78 is 7.50. The molecule has 0 spiro atoms. The number of benzene rings is 1. The van der Waals surface area contributed by atoms with E-state index in [0.717, 1.165) is 61.5 Å². The first-order valence-electron chi connectivity index (χ1n) is 28.2. The van der Waals surface area contributed by atoms with E-state index in [1.165, 1.54) is 17.1 Å². The first-order valence-corrected chi connectivity index (χ1v) is 29.3. The van der Waals surface area contributed by atoms with Crippen LogP contribution < -0.4 is 21.7 Å². The van der Waals surface area contributed by atoms with Crippen LogP contribution in [0.1, 0.15) is 150 Å². The molecule has 16 nitrogen and oxygen atoms in total. The van der Waals surface area contributed by atoms with Crippen LogP contribution in [0.15, 0.2) is 49.1 Å². The Bertz CT molecular complexity index is 2360. The zero-order valence-corrected chi connectivity index (χ0v) is 47.1. The molecule has 0 radical (unpaired) electrons. The number of carbonyl (C=O) groups excluding carboxylic acids is 8. The highest BCUT2D eigenvalue weighted by atomic mass is 32.2. The number of imide groups is 1. The summed E-state index contributed by atoms with van der Waals surface area (Å²) >= 11 is 1.70. The number of esters is 1. The minimum atomic E-state index is -0.811. The summed E-state index contributed by atoms with van der Waals surface area (Å²) in [7, 11) is 2.34. The number of primary amides is 1. The Morgan fingerprint density at radius 2 is 1.63 bits per heavy atom. The number of amides is 6. The third-order valence-electron chi connectivity index (χ3n) is 19.7. The lowest BCUT2D eigenvalue weighted by atomic mass is 9.44. The number of aliphatic hydroxyl groups is 1. The molecule has 5 fully saturated rings. The summed E-state index contributed by atoms with van der Waals surface area (Å²) in [6.45, 7) is 17.7. The number of anilines is 1. The van der Waals surface area contributed by atoms with Crippen molar-refractivity contribution >= 4 is 64.6 Å². The van der Waals surface area contributed by atoms with Crippen molar-refractivity contribution in [1.82, 2.24) is 15.5 Å². The van der Waals surface area contributed by atoms with Crippen molar-refractivity contribution in [3.05, 3.63) is 54.6 Å². The van der Waals surface area contributed by atoms with E-state index >= 15 is 0 Å². The second-order valence-corrected chi connectivity index (χ2v) is 25.9. The van der Waals surface area contributed by atoms with Gasteiger partial charge in [-0.2, -0.15) is 0 Å². The third kappa shape index (κ3) is 12.5. The Hall–Kier alpha value is -4.87. The molecule has 3 aliphatic carbocycles. The second-order valence-electron chi connectivity index (χ2n) is 24.6. The van der Waals surface area contributed by atoms with Crippen molar-refractivity contribution in [2.24, 2.45) is 51.6 Å². The number of Topliss-reactive ketones (excluding diaryl/α,β-unsaturated/α-hetero) is 2. The number of nitrogens with one attached hydrogen (secondary N) is 3. The lowest BCUT2D eigenvalue weighted by Crippen LogP contribution is -2.63. The Labute approximate surface area is 454 Å². The van der Waals surface area contributed by atoms with Gasteiger partial charge < -0.3 is 36.0 Å². The number of hydrogen-bond donors (Lipinski definition) is 5. The minimum absolute atomic E-state index is 0.0819. The molecule has 4 bridgehead atoms. The standard InChI is InChI=1S/C59H86N6O10S/c1-9-57(6)33-47(58(7)37(4)24-26-59(38(5)54(57)72)27-25-45(66)53(58)59)75-51(71)35-76-44-31-42-20-21-43(32-44)65(42,8)34-39-16-18-41(19-17-39)62-55(73)40(14-13-28-61-56(60)74)30-46(67)52(36(2)3)63-48(68)15-11-10-12-29-64-49(69)22-23-50(64)70/h9,16-19,22-23,36-38,40,42-44,47,52-54,72H,1,10-15,20-21,24-35H2,2-8H3,(H4-,60,61,62,63,68,73,74)/p+1. The molecule has 12 atom stereocenters. The number of urea groups is 1. The monoisotopic (exact) mass is 1070 g/mol. The van der Waals surface area contributed by atoms with Crippen LogP contribution in [0.25, 0.3) is 0 Å². The number of carbonyl (C=O) groups is 8. The molecule has 17 heteroatoms. The number of quaternary nitrogens is 1. The quantitative estimate of drug-likeness (QED) is 0.0223. The molecule has 6 amide bonds. The maximum atomic E-state index is 14.0. The topological polar surface area (TPSA) is 231 Å². The number of thioether (sulfide) groups is 1. The maximum absolute atomic E-state index is 14.0. The van der Waals surface area contributed by atoms with Crippen LogP contribution in [0.2, 0.25) is 0 Å². The maximum Gasteiger partial charge on any atom is 0.316 e. The average molecular weight is 1070 g/mol. The van der Waals surface area contributed by atoms with Crippen LogP contribution in [-0.4, -0.2) is 123 Å². The van der Waals surface area contributed by atoms with Crippen LogP contribution in [0, 0.1) is 45.8 Å². The molecule has 3 aliphatic heterocycles. The van der Waals surface area contributed by atoms with Crippen molar-refractivity contribution in [2.75, 3.05) is 31.2 Å². The number of fused-ring (bicyclic) bond motifs is 2. The van der Waals surface area contributed by atoms with Crippen molar-refractivity contribution in [2.45, 2.75) is 186 Å². The number of piperidine rings is 1. The number of ketones is 2. The molecule has 418 valence electrons. The van der Waals surface area contributed by atoms with Crippen LogP contribution >= 0.6 is 11.8 Å². The van der Waals surface area contributed by atoms with Gasteiger partial charge in [0.1, 0.15) is 18.4 Å². The second kappa shape index (κ2) is 24.4. The molecule has 1 aromatic rings. The van der Waals surface area contributed by atoms with Gasteiger partial charge in [-0.15, -0.1) is 18.3 Å². The van der Waals surface area contributed by atoms with Crippen molar-refractivity contribution in [3.63, 3.8) is 0 Å². The lowest BCUT2D eigenvalue weighted by Gasteiger charge is -2.61. The van der Waals surface area contributed by atoms with E-state index in [1.54, 1.807) is 11.8 Å². The molecule has 2 saturated heterocycles. The summed E-state index contributed by atoms with van der Waals surface area (Å²) in [6.07, 6.45) is 13.3. The molecule has 0 aromatic heterocycles. The summed E-state index contributed by atoms with van der Waals surface area (Å²) in [4.78, 5) is 105. The molecule has 6 N–H and O–H groups in total. The van der Waals surface area contributed by atoms with Gasteiger partial charge in [0.2, 0.25) is 11.8 Å². The van der Waals surface area contributed by atoms with Gasteiger partial charge in [0.25, 0.3) is 11.8 Å². The molecule has 3 saturated carbocycles.